The maximum absolute atomic E-state index is 12.4. The predicted octanol–water partition coefficient (Wildman–Crippen LogP) is 1.42. The number of unbranched alkanes of at least 4 members (excludes halogenated alkanes) is 1. The quantitative estimate of drug-likeness (QED) is 0.699. The minimum absolute atomic E-state index is 0.0536. The van der Waals surface area contributed by atoms with Crippen molar-refractivity contribution in [2.24, 2.45) is 0 Å². The molecule has 134 valence electrons. The summed E-state index contributed by atoms with van der Waals surface area (Å²) >= 11 is 0. The van der Waals surface area contributed by atoms with E-state index in [4.69, 9.17) is 4.74 Å². The molecule has 8 heteroatoms. The van der Waals surface area contributed by atoms with Gasteiger partial charge in [0.15, 0.2) is 6.61 Å². The zero-order valence-electron chi connectivity index (χ0n) is 14.2. The topological polar surface area (TPSA) is 87.7 Å². The van der Waals surface area contributed by atoms with Crippen LogP contribution in [0.2, 0.25) is 0 Å². The molecule has 0 atom stereocenters. The maximum atomic E-state index is 12.4. The van der Waals surface area contributed by atoms with Gasteiger partial charge in [-0.15, -0.1) is 0 Å². The standard InChI is InChI=1S/C16H25N3O4S/c1-3-5-9-19(4-2)10-8-17-24(21,22)13-6-7-15-14(11-13)18-16(20)12-23-15/h6-7,11,17H,3-5,8-10,12H2,1-2H3,(H,18,20). The molecule has 0 unspecified atom stereocenters. The molecule has 1 aromatic carbocycles. The molecule has 0 bridgehead atoms. The number of fused-ring (bicyclic) bond motifs is 1. The molecule has 0 saturated heterocycles. The van der Waals surface area contributed by atoms with E-state index in [2.05, 4.69) is 28.8 Å². The lowest BCUT2D eigenvalue weighted by Crippen LogP contribution is -2.35. The highest BCUT2D eigenvalue weighted by Gasteiger charge is 2.20. The van der Waals surface area contributed by atoms with Crippen LogP contribution in [-0.2, 0) is 14.8 Å². The van der Waals surface area contributed by atoms with E-state index in [1.165, 1.54) is 12.1 Å². The molecular weight excluding hydrogens is 330 g/mol. The van der Waals surface area contributed by atoms with Crippen LogP contribution in [0.25, 0.3) is 0 Å². The van der Waals surface area contributed by atoms with Gasteiger partial charge in [0.2, 0.25) is 10.0 Å². The first-order valence-corrected chi connectivity index (χ1v) is 9.73. The Bertz CT molecular complexity index is 676. The van der Waals surface area contributed by atoms with Gasteiger partial charge in [0, 0.05) is 13.1 Å². The SMILES string of the molecule is CCCCN(CC)CCNS(=O)(=O)c1ccc2c(c1)NC(=O)CO2. The van der Waals surface area contributed by atoms with Crippen molar-refractivity contribution in [2.45, 2.75) is 31.6 Å². The Morgan fingerprint density at radius 2 is 2.08 bits per heavy atom. The van der Waals surface area contributed by atoms with E-state index in [0.29, 0.717) is 24.5 Å². The Labute approximate surface area is 143 Å². The normalized spacial score (nSPS) is 14.2. The summed E-state index contributed by atoms with van der Waals surface area (Å²) in [5.41, 5.74) is 0.382. The number of anilines is 1. The van der Waals surface area contributed by atoms with Crippen molar-refractivity contribution in [2.75, 3.05) is 38.1 Å². The molecule has 0 aromatic heterocycles. The van der Waals surface area contributed by atoms with Gasteiger partial charge < -0.3 is 15.0 Å². The van der Waals surface area contributed by atoms with Crippen LogP contribution in [0.5, 0.6) is 5.75 Å². The van der Waals surface area contributed by atoms with Crippen molar-refractivity contribution >= 4 is 21.6 Å². The molecule has 1 amide bonds. The summed E-state index contributed by atoms with van der Waals surface area (Å²) in [6.07, 6.45) is 2.22. The molecule has 0 spiro atoms. The van der Waals surface area contributed by atoms with Crippen LogP contribution in [-0.4, -0.2) is 52.0 Å². The lowest BCUT2D eigenvalue weighted by Gasteiger charge is -2.21. The minimum Gasteiger partial charge on any atom is -0.482 e. The second kappa shape index (κ2) is 8.46. The number of ether oxygens (including phenoxy) is 1. The number of likely N-dealkylation sites (N-methyl/N-ethyl adjacent to an activating group) is 1. The Morgan fingerprint density at radius 1 is 1.29 bits per heavy atom. The Balaban J connectivity index is 1.97. The minimum atomic E-state index is -3.62. The smallest absolute Gasteiger partial charge is 0.262 e. The van der Waals surface area contributed by atoms with Crippen LogP contribution in [0, 0.1) is 0 Å². The van der Waals surface area contributed by atoms with Gasteiger partial charge in [-0.1, -0.05) is 20.3 Å². The third-order valence-electron chi connectivity index (χ3n) is 3.89. The number of amides is 1. The first-order valence-electron chi connectivity index (χ1n) is 8.25. The van der Waals surface area contributed by atoms with Gasteiger partial charge in [-0.25, -0.2) is 13.1 Å². The van der Waals surface area contributed by atoms with Crippen LogP contribution >= 0.6 is 0 Å². The summed E-state index contributed by atoms with van der Waals surface area (Å²) in [7, 11) is -3.62. The van der Waals surface area contributed by atoms with E-state index in [0.717, 1.165) is 25.9 Å². The molecule has 1 aromatic rings. The molecule has 0 aliphatic carbocycles. The number of carbonyl (C=O) groups is 1. The number of rotatable bonds is 9. The fraction of sp³-hybridized carbons (Fsp3) is 0.562. The molecule has 2 rings (SSSR count). The number of hydrogen-bond donors (Lipinski definition) is 2. The third kappa shape index (κ3) is 4.93. The fourth-order valence-electron chi connectivity index (χ4n) is 2.46. The molecule has 0 fully saturated rings. The van der Waals surface area contributed by atoms with E-state index in [9.17, 15) is 13.2 Å². The zero-order chi connectivity index (χ0) is 17.6. The van der Waals surface area contributed by atoms with Crippen molar-refractivity contribution in [3.8, 4) is 5.75 Å². The van der Waals surface area contributed by atoms with Gasteiger partial charge in [-0.05, 0) is 37.7 Å². The maximum Gasteiger partial charge on any atom is 0.262 e. The van der Waals surface area contributed by atoms with Gasteiger partial charge >= 0.3 is 0 Å². The van der Waals surface area contributed by atoms with Crippen molar-refractivity contribution in [1.82, 2.24) is 9.62 Å². The van der Waals surface area contributed by atoms with Crippen molar-refractivity contribution in [3.63, 3.8) is 0 Å². The molecular formula is C16H25N3O4S. The van der Waals surface area contributed by atoms with E-state index >= 15 is 0 Å². The molecule has 1 aliphatic heterocycles. The molecule has 2 N–H and O–H groups in total. The monoisotopic (exact) mass is 355 g/mol. The van der Waals surface area contributed by atoms with Gasteiger partial charge in [-0.2, -0.15) is 0 Å². The Hall–Kier alpha value is -1.64. The second-order valence-electron chi connectivity index (χ2n) is 5.68. The Kier molecular flexibility index (Phi) is 6.59. The Morgan fingerprint density at radius 3 is 2.79 bits per heavy atom. The van der Waals surface area contributed by atoms with Gasteiger partial charge in [-0.3, -0.25) is 4.79 Å². The van der Waals surface area contributed by atoms with Crippen LogP contribution < -0.4 is 14.8 Å². The number of carbonyl (C=O) groups excluding carboxylic acids is 1. The number of benzene rings is 1. The average Bonchev–Trinajstić information content (AvgIpc) is 2.57. The summed E-state index contributed by atoms with van der Waals surface area (Å²) in [6.45, 7) is 7.02. The number of nitrogens with one attached hydrogen (secondary N) is 2. The summed E-state index contributed by atoms with van der Waals surface area (Å²) in [5.74, 6) is 0.185. The van der Waals surface area contributed by atoms with E-state index in [-0.39, 0.29) is 17.4 Å². The van der Waals surface area contributed by atoms with Crippen LogP contribution in [0.4, 0.5) is 5.69 Å². The zero-order valence-corrected chi connectivity index (χ0v) is 15.0. The summed E-state index contributed by atoms with van der Waals surface area (Å²) < 4.78 is 32.6. The first-order chi connectivity index (χ1) is 11.5. The number of nitrogens with zero attached hydrogens (tertiary/aromatic N) is 1. The van der Waals surface area contributed by atoms with Gasteiger partial charge in [0.1, 0.15) is 5.75 Å². The van der Waals surface area contributed by atoms with Crippen LogP contribution in [0.3, 0.4) is 0 Å². The lowest BCUT2D eigenvalue weighted by molar-refractivity contribution is -0.118. The second-order valence-corrected chi connectivity index (χ2v) is 7.45. The molecule has 1 aliphatic rings. The molecule has 24 heavy (non-hydrogen) atoms. The van der Waals surface area contributed by atoms with Crippen LogP contribution in [0.15, 0.2) is 23.1 Å². The van der Waals surface area contributed by atoms with Crippen molar-refractivity contribution < 1.29 is 17.9 Å². The summed E-state index contributed by atoms with van der Waals surface area (Å²) in [4.78, 5) is 13.7. The highest BCUT2D eigenvalue weighted by atomic mass is 32.2. The van der Waals surface area contributed by atoms with Gasteiger partial charge in [0.05, 0.1) is 10.6 Å². The lowest BCUT2D eigenvalue weighted by atomic mass is 10.2. The summed E-state index contributed by atoms with van der Waals surface area (Å²) in [6, 6.07) is 4.46. The third-order valence-corrected chi connectivity index (χ3v) is 5.35. The fourth-order valence-corrected chi connectivity index (χ4v) is 3.51. The molecule has 0 saturated carbocycles. The van der Waals surface area contributed by atoms with Crippen molar-refractivity contribution in [3.05, 3.63) is 18.2 Å². The predicted molar refractivity (Wildman–Crippen MR) is 92.8 cm³/mol. The van der Waals surface area contributed by atoms with E-state index in [1.807, 2.05) is 0 Å². The van der Waals surface area contributed by atoms with Crippen molar-refractivity contribution in [1.29, 1.82) is 0 Å². The average molecular weight is 355 g/mol. The molecule has 1 heterocycles. The van der Waals surface area contributed by atoms with E-state index in [1.54, 1.807) is 6.07 Å². The largest absolute Gasteiger partial charge is 0.482 e. The highest BCUT2D eigenvalue weighted by molar-refractivity contribution is 7.89. The highest BCUT2D eigenvalue weighted by Crippen LogP contribution is 2.29. The number of sulfonamides is 1. The summed E-state index contributed by atoms with van der Waals surface area (Å²) in [5, 5.41) is 2.61. The number of hydrogen-bond acceptors (Lipinski definition) is 5. The molecule has 0 radical (unpaired) electrons. The van der Waals surface area contributed by atoms with Gasteiger partial charge in [0.25, 0.3) is 5.91 Å². The van der Waals surface area contributed by atoms with Crippen LogP contribution in [0.1, 0.15) is 26.7 Å². The first kappa shape index (κ1) is 18.7. The molecule has 7 nitrogen and oxygen atoms in total. The van der Waals surface area contributed by atoms with E-state index < -0.39 is 10.0 Å².